The number of anilines is 3. The Morgan fingerprint density at radius 3 is 2.19 bits per heavy atom. The minimum Gasteiger partial charge on any atom is -0.494 e. The van der Waals surface area contributed by atoms with Crippen LogP contribution in [-0.4, -0.2) is 31.5 Å². The molecule has 1 aromatic carbocycles. The topological polar surface area (TPSA) is 93.2 Å². The average Bonchev–Trinajstić information content (AvgIpc) is 2.42. The second-order valence-electron chi connectivity index (χ2n) is 4.26. The summed E-state index contributed by atoms with van der Waals surface area (Å²) in [7, 11) is -3.35. The number of nitrogens with zero attached hydrogens (tertiary/aromatic N) is 2. The Morgan fingerprint density at radius 1 is 1.05 bits per heavy atom. The summed E-state index contributed by atoms with van der Waals surface area (Å²) in [5, 5.41) is 10.7. The second-order valence-corrected chi connectivity index (χ2v) is 6.01. The Bertz CT molecular complexity index is 684. The lowest BCUT2D eigenvalue weighted by Crippen LogP contribution is -2.11. The van der Waals surface area contributed by atoms with Gasteiger partial charge < -0.3 is 10.1 Å². The Kier molecular flexibility index (Phi) is 4.59. The van der Waals surface area contributed by atoms with Gasteiger partial charge in [0.15, 0.2) is 11.6 Å². The summed E-state index contributed by atoms with van der Waals surface area (Å²) in [4.78, 5) is 0. The van der Waals surface area contributed by atoms with Crippen molar-refractivity contribution in [3.05, 3.63) is 36.4 Å². The molecule has 112 valence electrons. The van der Waals surface area contributed by atoms with E-state index in [4.69, 9.17) is 4.74 Å². The summed E-state index contributed by atoms with van der Waals surface area (Å²) in [6, 6.07) is 10.6. The molecule has 0 saturated heterocycles. The summed E-state index contributed by atoms with van der Waals surface area (Å²) in [6.07, 6.45) is 1.06. The number of hydrogen-bond donors (Lipinski definition) is 2. The molecule has 0 radical (unpaired) electrons. The molecule has 0 aliphatic carbocycles. The van der Waals surface area contributed by atoms with Gasteiger partial charge in [-0.25, -0.2) is 8.42 Å². The number of hydrogen-bond acceptors (Lipinski definition) is 6. The van der Waals surface area contributed by atoms with Crippen LogP contribution < -0.4 is 14.8 Å². The van der Waals surface area contributed by atoms with Crippen molar-refractivity contribution in [2.75, 3.05) is 22.9 Å². The van der Waals surface area contributed by atoms with Gasteiger partial charge in [0.2, 0.25) is 10.0 Å². The Morgan fingerprint density at radius 2 is 1.67 bits per heavy atom. The molecule has 1 heterocycles. The van der Waals surface area contributed by atoms with Gasteiger partial charge in [0.1, 0.15) is 5.75 Å². The molecule has 2 rings (SSSR count). The van der Waals surface area contributed by atoms with E-state index in [9.17, 15) is 8.42 Å². The van der Waals surface area contributed by atoms with E-state index < -0.39 is 10.0 Å². The van der Waals surface area contributed by atoms with Gasteiger partial charge in [-0.15, -0.1) is 10.2 Å². The van der Waals surface area contributed by atoms with Gasteiger partial charge in [0, 0.05) is 5.69 Å². The number of rotatable bonds is 6. The molecule has 0 spiro atoms. The van der Waals surface area contributed by atoms with Gasteiger partial charge in [-0.05, 0) is 43.3 Å². The molecule has 0 aliphatic rings. The number of sulfonamides is 1. The Hall–Kier alpha value is -2.35. The largest absolute Gasteiger partial charge is 0.494 e. The third-order valence-corrected chi connectivity index (χ3v) is 2.97. The minimum atomic E-state index is -3.35. The van der Waals surface area contributed by atoms with Crippen LogP contribution >= 0.6 is 0 Å². The van der Waals surface area contributed by atoms with Gasteiger partial charge in [-0.3, -0.25) is 4.72 Å². The molecular formula is C13H16N4O3S. The van der Waals surface area contributed by atoms with Gasteiger partial charge in [0.25, 0.3) is 0 Å². The normalized spacial score (nSPS) is 11.0. The fourth-order valence-electron chi connectivity index (χ4n) is 1.59. The molecule has 2 N–H and O–H groups in total. The van der Waals surface area contributed by atoms with E-state index in [1.807, 2.05) is 31.2 Å². The SMILES string of the molecule is CCOc1ccc(Nc2ccc(NS(C)(=O)=O)nn2)cc1. The third-order valence-electron chi connectivity index (χ3n) is 2.39. The summed E-state index contributed by atoms with van der Waals surface area (Å²) in [5.41, 5.74) is 0.830. The zero-order chi connectivity index (χ0) is 15.3. The van der Waals surface area contributed by atoms with Crippen molar-refractivity contribution in [1.82, 2.24) is 10.2 Å². The molecule has 8 heteroatoms. The fourth-order valence-corrected chi connectivity index (χ4v) is 2.08. The number of ether oxygens (including phenoxy) is 1. The maximum absolute atomic E-state index is 11.1. The molecule has 21 heavy (non-hydrogen) atoms. The van der Waals surface area contributed by atoms with Crippen molar-refractivity contribution in [3.8, 4) is 5.75 Å². The summed E-state index contributed by atoms with van der Waals surface area (Å²) < 4.78 is 29.7. The van der Waals surface area contributed by atoms with Crippen molar-refractivity contribution in [3.63, 3.8) is 0 Å². The highest BCUT2D eigenvalue weighted by atomic mass is 32.2. The van der Waals surface area contributed by atoms with E-state index in [2.05, 4.69) is 20.2 Å². The molecule has 0 saturated carbocycles. The van der Waals surface area contributed by atoms with Gasteiger partial charge in [-0.1, -0.05) is 0 Å². The number of aromatic nitrogens is 2. The summed E-state index contributed by atoms with van der Waals surface area (Å²) >= 11 is 0. The standard InChI is InChI=1S/C13H16N4O3S/c1-3-20-11-6-4-10(5-7-11)14-12-8-9-13(16-15-12)17-21(2,18)19/h4-9H,3H2,1-2H3,(H,14,15)(H,16,17). The highest BCUT2D eigenvalue weighted by Gasteiger charge is 2.04. The number of nitrogens with one attached hydrogen (secondary N) is 2. The first kappa shape index (κ1) is 15.0. The quantitative estimate of drug-likeness (QED) is 0.847. The maximum Gasteiger partial charge on any atom is 0.231 e. The monoisotopic (exact) mass is 308 g/mol. The van der Waals surface area contributed by atoms with Crippen LogP contribution in [-0.2, 0) is 10.0 Å². The first-order chi connectivity index (χ1) is 9.96. The van der Waals surface area contributed by atoms with Crippen LogP contribution in [0, 0.1) is 0 Å². The van der Waals surface area contributed by atoms with E-state index in [-0.39, 0.29) is 5.82 Å². The Labute approximate surface area is 123 Å². The molecule has 0 atom stereocenters. The highest BCUT2D eigenvalue weighted by molar-refractivity contribution is 7.92. The lowest BCUT2D eigenvalue weighted by atomic mass is 10.3. The average molecular weight is 308 g/mol. The second kappa shape index (κ2) is 6.40. The minimum absolute atomic E-state index is 0.176. The third kappa shape index (κ3) is 4.92. The summed E-state index contributed by atoms with van der Waals surface area (Å²) in [6.45, 7) is 2.54. The van der Waals surface area contributed by atoms with E-state index >= 15 is 0 Å². The predicted octanol–water partition coefficient (Wildman–Crippen LogP) is 1.99. The van der Waals surface area contributed by atoms with Crippen LogP contribution in [0.2, 0.25) is 0 Å². The zero-order valence-corrected chi connectivity index (χ0v) is 12.5. The van der Waals surface area contributed by atoms with Crippen molar-refractivity contribution in [2.45, 2.75) is 6.92 Å². The molecule has 0 bridgehead atoms. The Balaban J connectivity index is 2.02. The van der Waals surface area contributed by atoms with Crippen molar-refractivity contribution >= 4 is 27.3 Å². The van der Waals surface area contributed by atoms with E-state index in [0.29, 0.717) is 12.4 Å². The van der Waals surface area contributed by atoms with E-state index in [1.165, 1.54) is 6.07 Å². The van der Waals surface area contributed by atoms with E-state index in [1.54, 1.807) is 6.07 Å². The van der Waals surface area contributed by atoms with Crippen LogP contribution in [0.3, 0.4) is 0 Å². The molecule has 1 aromatic heterocycles. The first-order valence-electron chi connectivity index (χ1n) is 6.27. The van der Waals surface area contributed by atoms with Crippen LogP contribution in [0.25, 0.3) is 0 Å². The molecule has 0 unspecified atom stereocenters. The van der Waals surface area contributed by atoms with Crippen LogP contribution in [0.5, 0.6) is 5.75 Å². The zero-order valence-electron chi connectivity index (χ0n) is 11.7. The fraction of sp³-hybridized carbons (Fsp3) is 0.231. The van der Waals surface area contributed by atoms with Crippen LogP contribution in [0.1, 0.15) is 6.92 Å². The van der Waals surface area contributed by atoms with E-state index in [0.717, 1.165) is 17.7 Å². The van der Waals surface area contributed by atoms with Crippen LogP contribution in [0.15, 0.2) is 36.4 Å². The lowest BCUT2D eigenvalue weighted by Gasteiger charge is -2.07. The smallest absolute Gasteiger partial charge is 0.231 e. The molecule has 2 aromatic rings. The van der Waals surface area contributed by atoms with Gasteiger partial charge >= 0.3 is 0 Å². The highest BCUT2D eigenvalue weighted by Crippen LogP contribution is 2.19. The molecule has 0 amide bonds. The summed E-state index contributed by atoms with van der Waals surface area (Å²) in [5.74, 6) is 1.48. The first-order valence-corrected chi connectivity index (χ1v) is 8.17. The van der Waals surface area contributed by atoms with Crippen molar-refractivity contribution in [2.24, 2.45) is 0 Å². The van der Waals surface area contributed by atoms with Crippen LogP contribution in [0.4, 0.5) is 17.3 Å². The number of benzene rings is 1. The molecule has 0 fully saturated rings. The van der Waals surface area contributed by atoms with Gasteiger partial charge in [-0.2, -0.15) is 0 Å². The van der Waals surface area contributed by atoms with Crippen molar-refractivity contribution in [1.29, 1.82) is 0 Å². The van der Waals surface area contributed by atoms with Crippen molar-refractivity contribution < 1.29 is 13.2 Å². The molecule has 7 nitrogen and oxygen atoms in total. The molecule has 0 aliphatic heterocycles. The lowest BCUT2D eigenvalue weighted by molar-refractivity contribution is 0.340. The van der Waals surface area contributed by atoms with Gasteiger partial charge in [0.05, 0.1) is 12.9 Å². The predicted molar refractivity (Wildman–Crippen MR) is 81.4 cm³/mol. The maximum atomic E-state index is 11.1. The molecular weight excluding hydrogens is 292 g/mol.